The van der Waals surface area contributed by atoms with Gasteiger partial charge in [-0.2, -0.15) is 0 Å². The molecule has 3 N–H and O–H groups in total. The third-order valence-corrected chi connectivity index (χ3v) is 4.51. The maximum absolute atomic E-state index is 7.00. The van der Waals surface area contributed by atoms with E-state index in [1.165, 1.54) is 5.69 Å². The summed E-state index contributed by atoms with van der Waals surface area (Å²) in [7, 11) is 1.00. The minimum atomic E-state index is 0.517. The van der Waals surface area contributed by atoms with Crippen molar-refractivity contribution in [1.29, 1.82) is 0 Å². The molecule has 1 aliphatic rings. The van der Waals surface area contributed by atoms with Crippen LogP contribution < -0.4 is 10.6 Å². The molecule has 0 bridgehead atoms. The number of hydrogen-bond donors (Lipinski definition) is 2. The Hall–Kier alpha value is -1.57. The number of aliphatic hydroxyl groups excluding tert-OH is 1. The van der Waals surface area contributed by atoms with Gasteiger partial charge in [0.15, 0.2) is 0 Å². The summed E-state index contributed by atoms with van der Waals surface area (Å²) in [5, 5.41) is 11.3. The Bertz CT molecular complexity index is 623. The molecule has 126 valence electrons. The standard InChI is InChI=1S/C15H20BrN5.CH4O/c1-2-19-6-8-20(9-7-19)12-4-3-5-13(10-12)21-14(16)11-15(17)18-21;1-2/h3-5,10-11H,2,6-9H2,1H3,(H2,17,18);2H,1H3. The fraction of sp³-hybridized carbons (Fsp3) is 0.438. The summed E-state index contributed by atoms with van der Waals surface area (Å²) >= 11 is 3.49. The summed E-state index contributed by atoms with van der Waals surface area (Å²) in [6.45, 7) is 7.74. The van der Waals surface area contributed by atoms with Crippen molar-refractivity contribution in [2.45, 2.75) is 6.92 Å². The van der Waals surface area contributed by atoms with Gasteiger partial charge in [0.1, 0.15) is 10.4 Å². The van der Waals surface area contributed by atoms with Gasteiger partial charge in [-0.15, -0.1) is 5.10 Å². The molecule has 1 aliphatic heterocycles. The molecule has 1 saturated heterocycles. The predicted octanol–water partition coefficient (Wildman–Crippen LogP) is 1.97. The van der Waals surface area contributed by atoms with Gasteiger partial charge in [0, 0.05) is 45.0 Å². The monoisotopic (exact) mass is 381 g/mol. The second-order valence-corrected chi connectivity index (χ2v) is 6.06. The summed E-state index contributed by atoms with van der Waals surface area (Å²) in [4.78, 5) is 4.90. The first-order valence-corrected chi connectivity index (χ1v) is 8.50. The third kappa shape index (κ3) is 4.25. The van der Waals surface area contributed by atoms with E-state index < -0.39 is 0 Å². The van der Waals surface area contributed by atoms with E-state index >= 15 is 0 Å². The van der Waals surface area contributed by atoms with Crippen molar-refractivity contribution in [2.24, 2.45) is 0 Å². The van der Waals surface area contributed by atoms with Crippen LogP contribution in [0.3, 0.4) is 0 Å². The average Bonchev–Trinajstić information content (AvgIpc) is 2.95. The number of likely N-dealkylation sites (N-methyl/N-ethyl adjacent to an activating group) is 1. The summed E-state index contributed by atoms with van der Waals surface area (Å²) in [5.74, 6) is 0.517. The SMILES string of the molecule is CCN1CCN(c2cccc(-n3nc(N)cc3Br)c2)CC1.CO. The summed E-state index contributed by atoms with van der Waals surface area (Å²) in [6, 6.07) is 10.3. The number of halogens is 1. The Morgan fingerprint density at radius 3 is 2.35 bits per heavy atom. The van der Waals surface area contributed by atoms with Gasteiger partial charge in [0.2, 0.25) is 0 Å². The zero-order valence-electron chi connectivity index (χ0n) is 13.6. The number of nitrogen functional groups attached to an aromatic ring is 1. The van der Waals surface area contributed by atoms with E-state index in [2.05, 4.69) is 56.0 Å². The highest BCUT2D eigenvalue weighted by molar-refractivity contribution is 9.10. The Morgan fingerprint density at radius 2 is 1.78 bits per heavy atom. The number of aromatic nitrogens is 2. The van der Waals surface area contributed by atoms with E-state index in [0.29, 0.717) is 5.82 Å². The first-order valence-electron chi connectivity index (χ1n) is 7.71. The predicted molar refractivity (Wildman–Crippen MR) is 98.1 cm³/mol. The Kier molecular flexibility index (Phi) is 6.44. The molecule has 0 unspecified atom stereocenters. The van der Waals surface area contributed by atoms with E-state index in [9.17, 15) is 0 Å². The number of anilines is 2. The first-order chi connectivity index (χ1) is 11.2. The van der Waals surface area contributed by atoms with Crippen molar-refractivity contribution in [3.63, 3.8) is 0 Å². The minimum absolute atomic E-state index is 0.517. The molecule has 2 heterocycles. The molecule has 0 atom stereocenters. The number of hydrogen-bond acceptors (Lipinski definition) is 5. The van der Waals surface area contributed by atoms with Gasteiger partial charge in [-0.25, -0.2) is 4.68 Å². The van der Waals surface area contributed by atoms with Gasteiger partial charge in [0.25, 0.3) is 0 Å². The van der Waals surface area contributed by atoms with Gasteiger partial charge in [0.05, 0.1) is 5.69 Å². The maximum atomic E-state index is 7.00. The molecule has 1 fully saturated rings. The van der Waals surface area contributed by atoms with Crippen LogP contribution in [-0.2, 0) is 0 Å². The first kappa shape index (κ1) is 17.8. The second-order valence-electron chi connectivity index (χ2n) is 5.24. The van der Waals surface area contributed by atoms with Crippen molar-refractivity contribution in [2.75, 3.05) is 50.5 Å². The highest BCUT2D eigenvalue weighted by atomic mass is 79.9. The molecule has 23 heavy (non-hydrogen) atoms. The summed E-state index contributed by atoms with van der Waals surface area (Å²) in [6.07, 6.45) is 0. The second kappa shape index (κ2) is 8.33. The van der Waals surface area contributed by atoms with Gasteiger partial charge in [-0.3, -0.25) is 0 Å². The number of benzene rings is 1. The lowest BCUT2D eigenvalue weighted by atomic mass is 10.2. The maximum Gasteiger partial charge on any atom is 0.147 e. The van der Waals surface area contributed by atoms with Gasteiger partial charge in [-0.1, -0.05) is 13.0 Å². The molecule has 0 spiro atoms. The molecule has 0 aliphatic carbocycles. The molecule has 7 heteroatoms. The quantitative estimate of drug-likeness (QED) is 0.850. The van der Waals surface area contributed by atoms with E-state index in [4.69, 9.17) is 10.8 Å². The van der Waals surface area contributed by atoms with Gasteiger partial charge >= 0.3 is 0 Å². The van der Waals surface area contributed by atoms with Crippen molar-refractivity contribution in [3.8, 4) is 5.69 Å². The molecule has 6 nitrogen and oxygen atoms in total. The largest absolute Gasteiger partial charge is 0.400 e. The zero-order chi connectivity index (χ0) is 16.8. The molecule has 3 rings (SSSR count). The normalized spacial score (nSPS) is 15.2. The highest BCUT2D eigenvalue weighted by Crippen LogP contribution is 2.24. The smallest absolute Gasteiger partial charge is 0.147 e. The molecular weight excluding hydrogens is 358 g/mol. The Balaban J connectivity index is 0.000000924. The van der Waals surface area contributed by atoms with Crippen LogP contribution in [0, 0.1) is 0 Å². The molecule has 0 amide bonds. The van der Waals surface area contributed by atoms with Crippen LogP contribution in [0.4, 0.5) is 11.5 Å². The van der Waals surface area contributed by atoms with Crippen LogP contribution in [0.5, 0.6) is 0 Å². The lowest BCUT2D eigenvalue weighted by Gasteiger charge is -2.35. The third-order valence-electron chi connectivity index (χ3n) is 3.94. The van der Waals surface area contributed by atoms with Gasteiger partial charge < -0.3 is 20.6 Å². The fourth-order valence-corrected chi connectivity index (χ4v) is 3.22. The lowest BCUT2D eigenvalue weighted by Crippen LogP contribution is -2.46. The van der Waals surface area contributed by atoms with Crippen LogP contribution in [-0.4, -0.2) is 59.6 Å². The highest BCUT2D eigenvalue weighted by Gasteiger charge is 2.16. The van der Waals surface area contributed by atoms with Crippen LogP contribution in [0.2, 0.25) is 0 Å². The number of piperazine rings is 1. The van der Waals surface area contributed by atoms with Crippen LogP contribution in [0.1, 0.15) is 6.92 Å². The summed E-state index contributed by atoms with van der Waals surface area (Å²) in [5.41, 5.74) is 8.01. The van der Waals surface area contributed by atoms with Crippen LogP contribution in [0.25, 0.3) is 5.69 Å². The van der Waals surface area contributed by atoms with Crippen molar-refractivity contribution >= 4 is 27.4 Å². The van der Waals surface area contributed by atoms with Gasteiger partial charge in [-0.05, 0) is 40.7 Å². The van der Waals surface area contributed by atoms with Crippen molar-refractivity contribution in [1.82, 2.24) is 14.7 Å². The fourth-order valence-electron chi connectivity index (χ4n) is 2.70. The van der Waals surface area contributed by atoms with Crippen LogP contribution >= 0.6 is 15.9 Å². The molecule has 1 aromatic heterocycles. The molecular formula is C16H24BrN5O. The van der Waals surface area contributed by atoms with Crippen molar-refractivity contribution < 1.29 is 5.11 Å². The topological polar surface area (TPSA) is 70.5 Å². The number of rotatable bonds is 3. The molecule has 0 saturated carbocycles. The Labute approximate surface area is 145 Å². The van der Waals surface area contributed by atoms with E-state index in [1.807, 2.05) is 16.8 Å². The van der Waals surface area contributed by atoms with E-state index in [1.54, 1.807) is 0 Å². The molecule has 2 aromatic rings. The molecule has 1 aromatic carbocycles. The zero-order valence-corrected chi connectivity index (χ0v) is 15.2. The number of nitrogens with zero attached hydrogens (tertiary/aromatic N) is 4. The Morgan fingerprint density at radius 1 is 1.13 bits per heavy atom. The summed E-state index contributed by atoms with van der Waals surface area (Å²) < 4.78 is 2.69. The number of aliphatic hydroxyl groups is 1. The van der Waals surface area contributed by atoms with Crippen LogP contribution in [0.15, 0.2) is 34.9 Å². The number of nitrogens with two attached hydrogens (primary N) is 1. The minimum Gasteiger partial charge on any atom is -0.400 e. The van der Waals surface area contributed by atoms with E-state index in [-0.39, 0.29) is 0 Å². The molecule has 0 radical (unpaired) electrons. The van der Waals surface area contributed by atoms with E-state index in [0.717, 1.165) is 50.1 Å². The van der Waals surface area contributed by atoms with Crippen molar-refractivity contribution in [3.05, 3.63) is 34.9 Å². The average molecular weight is 382 g/mol. The lowest BCUT2D eigenvalue weighted by molar-refractivity contribution is 0.271.